The topological polar surface area (TPSA) is 62.6 Å². The van der Waals surface area contributed by atoms with Gasteiger partial charge in [-0.2, -0.15) is 0 Å². The highest BCUT2D eigenvalue weighted by atomic mass is 32.2. The van der Waals surface area contributed by atoms with Gasteiger partial charge in [-0.05, 0) is 43.7 Å². The number of likely N-dealkylation sites (tertiary alicyclic amines) is 1. The molecule has 2 fully saturated rings. The first-order valence-corrected chi connectivity index (χ1v) is 9.86. The lowest BCUT2D eigenvalue weighted by Crippen LogP contribution is -2.40. The van der Waals surface area contributed by atoms with Gasteiger partial charge in [-0.15, -0.1) is 0 Å². The number of benzene rings is 1. The predicted octanol–water partition coefficient (Wildman–Crippen LogP) is 3.15. The third kappa shape index (κ3) is 3.06. The van der Waals surface area contributed by atoms with Crippen LogP contribution in [0.5, 0.6) is 0 Å². The smallest absolute Gasteiger partial charge is 0.294 e. The first-order chi connectivity index (χ1) is 13.0. The maximum atomic E-state index is 12.8. The van der Waals surface area contributed by atoms with Crippen LogP contribution in [0.3, 0.4) is 0 Å². The number of rotatable bonds is 3. The standard InChI is InChI=1S/C20H21N3O3S/c1-13-15(14-7-3-4-8-16(14)21(13)2)11-17-19(25)23(20(26)27-17)12-18(24)22-9-5-6-10-22/h3-4,7-8,11H,5-6,9-10,12H2,1-2H3/b17-11-. The van der Waals surface area contributed by atoms with Crippen LogP contribution >= 0.6 is 11.8 Å². The summed E-state index contributed by atoms with van der Waals surface area (Å²) in [5, 5.41) is 0.661. The van der Waals surface area contributed by atoms with Gasteiger partial charge in [-0.1, -0.05) is 18.2 Å². The lowest BCUT2D eigenvalue weighted by Gasteiger charge is -2.18. The van der Waals surface area contributed by atoms with Crippen molar-refractivity contribution in [1.29, 1.82) is 0 Å². The summed E-state index contributed by atoms with van der Waals surface area (Å²) in [4.78, 5) is 40.6. The van der Waals surface area contributed by atoms with Crippen LogP contribution < -0.4 is 0 Å². The van der Waals surface area contributed by atoms with Crippen molar-refractivity contribution in [3.63, 3.8) is 0 Å². The molecule has 140 valence electrons. The third-order valence-corrected chi connectivity index (χ3v) is 6.26. The van der Waals surface area contributed by atoms with Gasteiger partial charge in [-0.3, -0.25) is 19.3 Å². The molecular formula is C20H21N3O3S. The zero-order valence-electron chi connectivity index (χ0n) is 15.4. The van der Waals surface area contributed by atoms with Gasteiger partial charge in [0.1, 0.15) is 6.54 Å². The molecule has 0 saturated carbocycles. The van der Waals surface area contributed by atoms with Crippen LogP contribution in [0, 0.1) is 6.92 Å². The summed E-state index contributed by atoms with van der Waals surface area (Å²) in [6, 6.07) is 7.97. The molecule has 3 amide bonds. The Morgan fingerprint density at radius 3 is 2.63 bits per heavy atom. The van der Waals surface area contributed by atoms with E-state index in [0.29, 0.717) is 18.0 Å². The quantitative estimate of drug-likeness (QED) is 0.764. The van der Waals surface area contributed by atoms with Crippen molar-refractivity contribution in [2.24, 2.45) is 7.05 Å². The maximum Gasteiger partial charge on any atom is 0.294 e. The van der Waals surface area contributed by atoms with Crippen LogP contribution in [0.1, 0.15) is 24.1 Å². The van der Waals surface area contributed by atoms with Crippen LogP contribution in [0.15, 0.2) is 29.2 Å². The Balaban J connectivity index is 1.62. The number of amides is 3. The summed E-state index contributed by atoms with van der Waals surface area (Å²) in [5.74, 6) is -0.540. The van der Waals surface area contributed by atoms with E-state index in [1.54, 1.807) is 11.0 Å². The molecule has 6 nitrogen and oxygen atoms in total. The van der Waals surface area contributed by atoms with Gasteiger partial charge >= 0.3 is 0 Å². The van der Waals surface area contributed by atoms with Gasteiger partial charge < -0.3 is 9.47 Å². The van der Waals surface area contributed by atoms with Crippen LogP contribution in [-0.2, 0) is 16.6 Å². The summed E-state index contributed by atoms with van der Waals surface area (Å²) in [6.45, 7) is 3.24. The number of thioether (sulfide) groups is 1. The monoisotopic (exact) mass is 383 g/mol. The minimum Gasteiger partial charge on any atom is -0.347 e. The number of carbonyl (C=O) groups is 3. The molecular weight excluding hydrogens is 362 g/mol. The Kier molecular flexibility index (Phi) is 4.55. The summed E-state index contributed by atoms with van der Waals surface area (Å²) in [7, 11) is 1.98. The van der Waals surface area contributed by atoms with Crippen molar-refractivity contribution in [2.45, 2.75) is 19.8 Å². The fraction of sp³-hybridized carbons (Fsp3) is 0.350. The number of carbonyl (C=O) groups excluding carboxylic acids is 3. The predicted molar refractivity (Wildman–Crippen MR) is 106 cm³/mol. The van der Waals surface area contributed by atoms with Gasteiger partial charge in [0.25, 0.3) is 11.1 Å². The summed E-state index contributed by atoms with van der Waals surface area (Å²) < 4.78 is 2.07. The molecule has 0 bridgehead atoms. The molecule has 2 aliphatic heterocycles. The largest absolute Gasteiger partial charge is 0.347 e. The maximum absolute atomic E-state index is 12.8. The van der Waals surface area contributed by atoms with E-state index in [9.17, 15) is 14.4 Å². The van der Waals surface area contributed by atoms with Crippen LogP contribution in [0.4, 0.5) is 4.79 Å². The van der Waals surface area contributed by atoms with Gasteiger partial charge in [0, 0.05) is 42.3 Å². The van der Waals surface area contributed by atoms with Gasteiger partial charge in [0.15, 0.2) is 0 Å². The SMILES string of the molecule is Cc1c(/C=C2\SC(=O)N(CC(=O)N3CCCC3)C2=O)c2ccccc2n1C. The van der Waals surface area contributed by atoms with Crippen LogP contribution in [-0.4, -0.2) is 51.1 Å². The van der Waals surface area contributed by atoms with Crippen LogP contribution in [0.2, 0.25) is 0 Å². The normalized spacial score (nSPS) is 19.1. The zero-order chi connectivity index (χ0) is 19.1. The number of nitrogens with zero attached hydrogens (tertiary/aromatic N) is 3. The van der Waals surface area contributed by atoms with Crippen molar-refractivity contribution in [3.8, 4) is 0 Å². The Morgan fingerprint density at radius 1 is 1.19 bits per heavy atom. The lowest BCUT2D eigenvalue weighted by molar-refractivity contribution is -0.135. The average molecular weight is 383 g/mol. The highest BCUT2D eigenvalue weighted by Crippen LogP contribution is 2.35. The van der Waals surface area contributed by atoms with Crippen molar-refractivity contribution >= 4 is 45.8 Å². The summed E-state index contributed by atoms with van der Waals surface area (Å²) >= 11 is 0.906. The molecule has 2 saturated heterocycles. The van der Waals surface area contributed by atoms with Crippen LogP contribution in [0.25, 0.3) is 17.0 Å². The van der Waals surface area contributed by atoms with E-state index in [1.165, 1.54) is 0 Å². The van der Waals surface area contributed by atoms with Crippen molar-refractivity contribution in [3.05, 3.63) is 40.4 Å². The van der Waals surface area contributed by atoms with E-state index in [4.69, 9.17) is 0 Å². The Bertz CT molecular complexity index is 986. The molecule has 0 atom stereocenters. The van der Waals surface area contributed by atoms with E-state index in [-0.39, 0.29) is 23.6 Å². The first-order valence-electron chi connectivity index (χ1n) is 9.04. The number of hydrogen-bond donors (Lipinski definition) is 0. The lowest BCUT2D eigenvalue weighted by atomic mass is 10.1. The number of fused-ring (bicyclic) bond motifs is 1. The highest BCUT2D eigenvalue weighted by molar-refractivity contribution is 8.18. The minimum absolute atomic E-state index is 0.155. The minimum atomic E-state index is -0.384. The van der Waals surface area contributed by atoms with Gasteiger partial charge in [-0.25, -0.2) is 0 Å². The second-order valence-electron chi connectivity index (χ2n) is 6.93. The fourth-order valence-corrected chi connectivity index (χ4v) is 4.52. The fourth-order valence-electron chi connectivity index (χ4n) is 3.70. The third-order valence-electron chi connectivity index (χ3n) is 5.35. The molecule has 3 heterocycles. The molecule has 7 heteroatoms. The molecule has 0 unspecified atom stereocenters. The second kappa shape index (κ2) is 6.88. The Hall–Kier alpha value is -2.54. The van der Waals surface area contributed by atoms with E-state index >= 15 is 0 Å². The van der Waals surface area contributed by atoms with E-state index in [2.05, 4.69) is 4.57 Å². The van der Waals surface area contributed by atoms with Gasteiger partial charge in [0.2, 0.25) is 5.91 Å². The van der Waals surface area contributed by atoms with Crippen molar-refractivity contribution in [2.75, 3.05) is 19.6 Å². The number of aryl methyl sites for hydroxylation is 1. The molecule has 2 aromatic rings. The Labute approximate surface area is 161 Å². The zero-order valence-corrected chi connectivity index (χ0v) is 16.2. The molecule has 4 rings (SSSR count). The number of imide groups is 1. The van der Waals surface area contributed by atoms with Gasteiger partial charge in [0.05, 0.1) is 4.91 Å². The molecule has 0 aliphatic carbocycles. The van der Waals surface area contributed by atoms with E-state index in [0.717, 1.165) is 51.7 Å². The summed E-state index contributed by atoms with van der Waals surface area (Å²) in [6.07, 6.45) is 3.74. The molecule has 0 spiro atoms. The Morgan fingerprint density at radius 2 is 1.89 bits per heavy atom. The first kappa shape index (κ1) is 17.9. The molecule has 0 radical (unpaired) electrons. The molecule has 27 heavy (non-hydrogen) atoms. The number of para-hydroxylation sites is 1. The van der Waals surface area contributed by atoms with Crippen molar-refractivity contribution in [1.82, 2.24) is 14.4 Å². The number of aromatic nitrogens is 1. The van der Waals surface area contributed by atoms with E-state index in [1.807, 2.05) is 38.2 Å². The second-order valence-corrected chi connectivity index (χ2v) is 7.92. The molecule has 1 aromatic heterocycles. The molecule has 2 aliphatic rings. The molecule has 1 aromatic carbocycles. The average Bonchev–Trinajstić information content (AvgIpc) is 3.34. The highest BCUT2D eigenvalue weighted by Gasteiger charge is 2.37. The number of hydrogen-bond acceptors (Lipinski definition) is 4. The molecule has 0 N–H and O–H groups in total. The van der Waals surface area contributed by atoms with Crippen molar-refractivity contribution < 1.29 is 14.4 Å². The van der Waals surface area contributed by atoms with E-state index < -0.39 is 0 Å². The summed E-state index contributed by atoms with van der Waals surface area (Å²) in [5.41, 5.74) is 3.03.